The number of esters is 1. The number of halogens is 1. The quantitative estimate of drug-likeness (QED) is 0.590. The minimum Gasteiger partial charge on any atom is -0.495 e. The van der Waals surface area contributed by atoms with Crippen LogP contribution in [-0.2, 0) is 30.8 Å². The first-order valence-corrected chi connectivity index (χ1v) is 12.7. The third kappa shape index (κ3) is 4.78. The van der Waals surface area contributed by atoms with Crippen molar-refractivity contribution in [2.75, 3.05) is 40.4 Å². The summed E-state index contributed by atoms with van der Waals surface area (Å²) in [5, 5.41) is 2.64. The fraction of sp³-hybridized carbons (Fsp3) is 0.375. The standard InChI is InChI=1S/C24H26FN3O7S/c1-34-19-12-16-8-11-28(23(30)15-4-6-17(25)7-5-15)22(24(31)35-2)18(16)13-20(19)36(32,33)27-10-3-9-26-21(29)14-27/h4-7,12-13,22H,3,8-11,14H2,1-2H3,(H,26,29). The summed E-state index contributed by atoms with van der Waals surface area (Å²) in [5.41, 5.74) is 1.07. The fourth-order valence-corrected chi connectivity index (χ4v) is 6.06. The lowest BCUT2D eigenvalue weighted by Crippen LogP contribution is -2.44. The third-order valence-electron chi connectivity index (χ3n) is 6.27. The molecule has 2 aromatic rings. The number of methoxy groups -OCH3 is 2. The summed E-state index contributed by atoms with van der Waals surface area (Å²) < 4.78 is 52.0. The van der Waals surface area contributed by atoms with E-state index in [1.165, 1.54) is 43.4 Å². The van der Waals surface area contributed by atoms with Crippen LogP contribution in [0.15, 0.2) is 41.3 Å². The zero-order valence-electron chi connectivity index (χ0n) is 19.8. The number of carbonyl (C=O) groups is 3. The van der Waals surface area contributed by atoms with Gasteiger partial charge in [0, 0.05) is 25.2 Å². The van der Waals surface area contributed by atoms with E-state index >= 15 is 0 Å². The van der Waals surface area contributed by atoms with Crippen LogP contribution in [0.1, 0.15) is 33.9 Å². The van der Waals surface area contributed by atoms with Crippen LogP contribution in [0.3, 0.4) is 0 Å². The first-order chi connectivity index (χ1) is 17.2. The van der Waals surface area contributed by atoms with E-state index in [2.05, 4.69) is 5.32 Å². The minimum absolute atomic E-state index is 0.0698. The van der Waals surface area contributed by atoms with Gasteiger partial charge in [0.05, 0.1) is 20.8 Å². The van der Waals surface area contributed by atoms with Gasteiger partial charge in [-0.05, 0) is 60.4 Å². The maximum Gasteiger partial charge on any atom is 0.333 e. The number of hydrogen-bond donors (Lipinski definition) is 1. The van der Waals surface area contributed by atoms with Crippen LogP contribution < -0.4 is 10.1 Å². The van der Waals surface area contributed by atoms with Gasteiger partial charge in [-0.1, -0.05) is 0 Å². The maximum absolute atomic E-state index is 13.6. The van der Waals surface area contributed by atoms with Crippen LogP contribution in [0.4, 0.5) is 4.39 Å². The molecule has 12 heteroatoms. The van der Waals surface area contributed by atoms with Crippen molar-refractivity contribution in [1.82, 2.24) is 14.5 Å². The molecule has 2 aliphatic rings. The predicted molar refractivity (Wildman–Crippen MR) is 125 cm³/mol. The van der Waals surface area contributed by atoms with E-state index in [1.54, 1.807) is 0 Å². The molecule has 2 heterocycles. The molecule has 1 fully saturated rings. The van der Waals surface area contributed by atoms with Gasteiger partial charge in [-0.25, -0.2) is 17.6 Å². The second-order valence-corrected chi connectivity index (χ2v) is 10.3. The summed E-state index contributed by atoms with van der Waals surface area (Å²) in [4.78, 5) is 39.3. The van der Waals surface area contributed by atoms with E-state index in [9.17, 15) is 27.2 Å². The van der Waals surface area contributed by atoms with Crippen molar-refractivity contribution in [3.63, 3.8) is 0 Å². The van der Waals surface area contributed by atoms with Crippen LogP contribution >= 0.6 is 0 Å². The topological polar surface area (TPSA) is 122 Å². The molecule has 2 aliphatic heterocycles. The van der Waals surface area contributed by atoms with Gasteiger partial charge < -0.3 is 19.7 Å². The molecular weight excluding hydrogens is 493 g/mol. The Morgan fingerprint density at radius 1 is 1.11 bits per heavy atom. The number of carbonyl (C=O) groups excluding carboxylic acids is 3. The summed E-state index contributed by atoms with van der Waals surface area (Å²) in [7, 11) is -1.69. The monoisotopic (exact) mass is 519 g/mol. The van der Waals surface area contributed by atoms with Gasteiger partial charge in [0.25, 0.3) is 5.91 Å². The molecule has 4 rings (SSSR count). The smallest absolute Gasteiger partial charge is 0.333 e. The van der Waals surface area contributed by atoms with E-state index in [0.29, 0.717) is 24.9 Å². The van der Waals surface area contributed by atoms with Crippen molar-refractivity contribution in [2.45, 2.75) is 23.8 Å². The van der Waals surface area contributed by atoms with Crippen LogP contribution in [0.5, 0.6) is 5.75 Å². The van der Waals surface area contributed by atoms with Crippen LogP contribution in [0.25, 0.3) is 0 Å². The predicted octanol–water partition coefficient (Wildman–Crippen LogP) is 1.26. The van der Waals surface area contributed by atoms with Gasteiger partial charge in [-0.15, -0.1) is 0 Å². The molecule has 0 aliphatic carbocycles. The Hall–Kier alpha value is -3.51. The average Bonchev–Trinajstić information content (AvgIpc) is 3.11. The van der Waals surface area contributed by atoms with Crippen LogP contribution in [0.2, 0.25) is 0 Å². The van der Waals surface area contributed by atoms with Gasteiger partial charge in [-0.2, -0.15) is 4.31 Å². The highest BCUT2D eigenvalue weighted by molar-refractivity contribution is 7.89. The number of amides is 2. The molecule has 1 atom stereocenters. The molecule has 1 N–H and O–H groups in total. The van der Waals surface area contributed by atoms with E-state index in [-0.39, 0.29) is 41.4 Å². The molecule has 2 aromatic carbocycles. The van der Waals surface area contributed by atoms with Gasteiger partial charge >= 0.3 is 5.97 Å². The Kier molecular flexibility index (Phi) is 7.27. The second kappa shape index (κ2) is 10.2. The number of sulfonamides is 1. The first-order valence-electron chi connectivity index (χ1n) is 11.3. The number of hydrogen-bond acceptors (Lipinski definition) is 7. The lowest BCUT2D eigenvalue weighted by atomic mass is 9.91. The lowest BCUT2D eigenvalue weighted by Gasteiger charge is -2.36. The van der Waals surface area contributed by atoms with Crippen molar-refractivity contribution in [2.24, 2.45) is 0 Å². The first kappa shape index (κ1) is 25.6. The Balaban J connectivity index is 1.81. The van der Waals surface area contributed by atoms with Gasteiger partial charge in [0.2, 0.25) is 15.9 Å². The molecule has 36 heavy (non-hydrogen) atoms. The molecule has 0 spiro atoms. The Bertz CT molecular complexity index is 1300. The van der Waals surface area contributed by atoms with Crippen molar-refractivity contribution in [3.05, 3.63) is 58.9 Å². The van der Waals surface area contributed by atoms with Crippen molar-refractivity contribution in [3.8, 4) is 5.75 Å². The van der Waals surface area contributed by atoms with Crippen molar-refractivity contribution in [1.29, 1.82) is 0 Å². The summed E-state index contributed by atoms with van der Waals surface area (Å²) >= 11 is 0. The number of nitrogens with one attached hydrogen (secondary N) is 1. The molecule has 192 valence electrons. The van der Waals surface area contributed by atoms with Crippen LogP contribution in [0, 0.1) is 5.82 Å². The van der Waals surface area contributed by atoms with E-state index in [0.717, 1.165) is 16.4 Å². The zero-order chi connectivity index (χ0) is 26.0. The largest absolute Gasteiger partial charge is 0.495 e. The summed E-state index contributed by atoms with van der Waals surface area (Å²) in [6.07, 6.45) is 0.752. The highest BCUT2D eigenvalue weighted by Crippen LogP contribution is 2.38. The zero-order valence-corrected chi connectivity index (χ0v) is 20.6. The summed E-state index contributed by atoms with van der Waals surface area (Å²) in [6.45, 7) is 0.274. The Labute approximate surface area is 208 Å². The maximum atomic E-state index is 13.6. The van der Waals surface area contributed by atoms with E-state index < -0.39 is 39.7 Å². The summed E-state index contributed by atoms with van der Waals surface area (Å²) in [5.74, 6) is -2.14. The molecule has 2 amide bonds. The number of rotatable bonds is 5. The molecular formula is C24H26FN3O7S. The molecule has 1 saturated heterocycles. The molecule has 0 saturated carbocycles. The molecule has 1 unspecified atom stereocenters. The number of ether oxygens (including phenoxy) is 2. The SMILES string of the molecule is COC(=O)C1c2cc(S(=O)(=O)N3CCCNC(=O)C3)c(OC)cc2CCN1C(=O)c1ccc(F)cc1. The highest BCUT2D eigenvalue weighted by Gasteiger charge is 2.40. The normalized spacial score (nSPS) is 18.6. The molecule has 10 nitrogen and oxygen atoms in total. The van der Waals surface area contributed by atoms with Crippen molar-refractivity contribution >= 4 is 27.8 Å². The van der Waals surface area contributed by atoms with Gasteiger partial charge in [0.15, 0.2) is 6.04 Å². The van der Waals surface area contributed by atoms with Crippen molar-refractivity contribution < 1.29 is 36.7 Å². The number of fused-ring (bicyclic) bond motifs is 1. The number of nitrogens with zero attached hydrogens (tertiary/aromatic N) is 2. The van der Waals surface area contributed by atoms with Gasteiger partial charge in [0.1, 0.15) is 16.5 Å². The third-order valence-corrected chi connectivity index (χ3v) is 8.14. The second-order valence-electron chi connectivity index (χ2n) is 8.43. The highest BCUT2D eigenvalue weighted by atomic mass is 32.2. The average molecular weight is 520 g/mol. The minimum atomic E-state index is -4.19. The Morgan fingerprint density at radius 3 is 2.50 bits per heavy atom. The van der Waals surface area contributed by atoms with E-state index in [1.807, 2.05) is 0 Å². The molecule has 0 radical (unpaired) electrons. The molecule has 0 bridgehead atoms. The Morgan fingerprint density at radius 2 is 1.83 bits per heavy atom. The van der Waals surface area contributed by atoms with Crippen LogP contribution in [-0.4, -0.2) is 75.8 Å². The fourth-order valence-electron chi connectivity index (χ4n) is 4.45. The van der Waals surface area contributed by atoms with E-state index in [4.69, 9.17) is 9.47 Å². The summed E-state index contributed by atoms with van der Waals surface area (Å²) in [6, 6.07) is 6.54. The lowest BCUT2D eigenvalue weighted by molar-refractivity contribution is -0.146. The van der Waals surface area contributed by atoms with Gasteiger partial charge in [-0.3, -0.25) is 9.59 Å². The molecule has 0 aromatic heterocycles. The number of benzene rings is 2.